The van der Waals surface area contributed by atoms with E-state index in [1.54, 1.807) is 22.3 Å². The van der Waals surface area contributed by atoms with Crippen LogP contribution in [0.1, 0.15) is 61.5 Å². The molecule has 4 amide bonds. The van der Waals surface area contributed by atoms with E-state index in [4.69, 9.17) is 22.1 Å². The Morgan fingerprint density at radius 2 is 1.67 bits per heavy atom. The fourth-order valence-corrected chi connectivity index (χ4v) is 8.76. The second kappa shape index (κ2) is 14.4. The number of rotatable bonds is 7. The number of piperidine rings is 3. The van der Waals surface area contributed by atoms with Gasteiger partial charge in [-0.25, -0.2) is 9.59 Å². The molecule has 12 heteroatoms. The number of urea groups is 1. The van der Waals surface area contributed by atoms with Gasteiger partial charge in [0, 0.05) is 43.5 Å². The van der Waals surface area contributed by atoms with Crippen LogP contribution in [-0.2, 0) is 28.9 Å². The molecule has 4 aliphatic heterocycles. The van der Waals surface area contributed by atoms with Crippen molar-refractivity contribution in [1.82, 2.24) is 19.6 Å². The minimum absolute atomic E-state index is 0.0342. The van der Waals surface area contributed by atoms with Gasteiger partial charge >= 0.3 is 12.1 Å². The third-order valence-electron chi connectivity index (χ3n) is 10.6. The fraction of sp³-hybridized carbons (Fsp3) is 0.618. The first-order valence-electron chi connectivity index (χ1n) is 16.8. The zero-order valence-electron chi connectivity index (χ0n) is 27.0. The standard InChI is InChI=1S/C34H47ClN6O4S/c1-3-23-18-22(19-27(35)31(23)36)20-29(32(42)39-13-6-25(7-14-39)24-4-11-38(2)12-5-24)45-34(44)40-15-8-26(9-16-40)41-21-30-28(10-17-46-30)37-33(41)43/h10,17-19,24-26,29H,3-9,11-16,20-21,36H2,1-2H3,(H,37,43)/t29-/m1/s1. The van der Waals surface area contributed by atoms with Gasteiger partial charge < -0.3 is 35.4 Å². The Hall–Kier alpha value is -3.02. The number of carbonyl (C=O) groups excluding carboxylic acids is 3. The Balaban J connectivity index is 1.10. The smallest absolute Gasteiger partial charge is 0.410 e. The summed E-state index contributed by atoms with van der Waals surface area (Å²) in [5.74, 6) is 1.21. The van der Waals surface area contributed by atoms with Crippen molar-refractivity contribution < 1.29 is 19.1 Å². The minimum atomic E-state index is -0.959. The number of ether oxygens (including phenoxy) is 1. The Morgan fingerprint density at radius 1 is 1.02 bits per heavy atom. The number of hydrogen-bond acceptors (Lipinski definition) is 7. The molecule has 3 fully saturated rings. The highest BCUT2D eigenvalue weighted by Gasteiger charge is 2.37. The Bertz CT molecular complexity index is 1410. The lowest BCUT2D eigenvalue weighted by Gasteiger charge is -2.41. The summed E-state index contributed by atoms with van der Waals surface area (Å²) in [7, 11) is 2.19. The first-order chi connectivity index (χ1) is 22.2. The molecule has 0 saturated carbocycles. The van der Waals surface area contributed by atoms with Crippen molar-refractivity contribution in [3.63, 3.8) is 0 Å². The van der Waals surface area contributed by atoms with E-state index in [2.05, 4.69) is 17.3 Å². The summed E-state index contributed by atoms with van der Waals surface area (Å²) in [6.07, 6.45) is 5.22. The molecule has 4 aliphatic rings. The molecule has 0 radical (unpaired) electrons. The number of hydrogen-bond donors (Lipinski definition) is 2. The summed E-state index contributed by atoms with van der Waals surface area (Å²) in [6.45, 7) is 7.17. The van der Waals surface area contributed by atoms with E-state index in [0.717, 1.165) is 53.5 Å². The molecule has 0 unspecified atom stereocenters. The van der Waals surface area contributed by atoms with Crippen LogP contribution in [0.25, 0.3) is 0 Å². The number of halogens is 1. The van der Waals surface area contributed by atoms with E-state index in [9.17, 15) is 14.4 Å². The quantitative estimate of drug-likeness (QED) is 0.367. The second-order valence-corrected chi connectivity index (χ2v) is 14.8. The van der Waals surface area contributed by atoms with Gasteiger partial charge in [-0.2, -0.15) is 0 Å². The molecular formula is C34H47ClN6O4S. The zero-order chi connectivity index (χ0) is 32.4. The third-order valence-corrected chi connectivity index (χ3v) is 11.8. The maximum Gasteiger partial charge on any atom is 0.410 e. The predicted octanol–water partition coefficient (Wildman–Crippen LogP) is 5.69. The average molecular weight is 671 g/mol. The molecule has 5 heterocycles. The van der Waals surface area contributed by atoms with Gasteiger partial charge in [-0.15, -0.1) is 11.3 Å². The SMILES string of the molecule is CCc1cc(C[C@@H](OC(=O)N2CCC(N3Cc4sccc4NC3=O)CC2)C(=O)N2CCC(C3CCN(C)CC3)CC2)cc(Cl)c1N. The van der Waals surface area contributed by atoms with Crippen molar-refractivity contribution in [1.29, 1.82) is 0 Å². The number of nitrogens with one attached hydrogen (secondary N) is 1. The molecule has 6 rings (SSSR count). The van der Waals surface area contributed by atoms with Crippen molar-refractivity contribution >= 4 is 52.3 Å². The van der Waals surface area contributed by atoms with E-state index in [-0.39, 0.29) is 24.4 Å². The Morgan fingerprint density at radius 3 is 2.35 bits per heavy atom. The summed E-state index contributed by atoms with van der Waals surface area (Å²) in [5, 5.41) is 5.42. The first kappa shape index (κ1) is 32.9. The lowest BCUT2D eigenvalue weighted by Crippen LogP contribution is -2.52. The molecular weight excluding hydrogens is 624 g/mol. The van der Waals surface area contributed by atoms with Gasteiger partial charge in [0.05, 0.1) is 22.9 Å². The lowest BCUT2D eigenvalue weighted by atomic mass is 9.79. The highest BCUT2D eigenvalue weighted by molar-refractivity contribution is 7.10. The number of amides is 4. The zero-order valence-corrected chi connectivity index (χ0v) is 28.6. The van der Waals surface area contributed by atoms with E-state index >= 15 is 0 Å². The van der Waals surface area contributed by atoms with E-state index in [1.807, 2.05) is 34.2 Å². The van der Waals surface area contributed by atoms with Crippen LogP contribution >= 0.6 is 22.9 Å². The van der Waals surface area contributed by atoms with E-state index < -0.39 is 12.2 Å². The number of fused-ring (bicyclic) bond motifs is 1. The van der Waals surface area contributed by atoms with Gasteiger partial charge in [-0.05, 0) is 106 Å². The Labute approximate surface area is 281 Å². The number of nitrogen functional groups attached to an aromatic ring is 1. The molecule has 46 heavy (non-hydrogen) atoms. The largest absolute Gasteiger partial charge is 0.436 e. The number of nitrogens with two attached hydrogens (primary N) is 1. The molecule has 2 aromatic rings. The summed E-state index contributed by atoms with van der Waals surface area (Å²) in [4.78, 5) is 49.4. The first-order valence-corrected chi connectivity index (χ1v) is 18.1. The number of anilines is 2. The van der Waals surface area contributed by atoms with Crippen LogP contribution in [0.2, 0.25) is 5.02 Å². The van der Waals surface area contributed by atoms with Gasteiger partial charge in [0.2, 0.25) is 0 Å². The third kappa shape index (κ3) is 7.26. The minimum Gasteiger partial charge on any atom is -0.436 e. The number of nitrogens with zero attached hydrogens (tertiary/aromatic N) is 4. The number of thiophene rings is 1. The number of carbonyl (C=O) groups is 3. The monoisotopic (exact) mass is 670 g/mol. The molecule has 0 aliphatic carbocycles. The number of likely N-dealkylation sites (tertiary alicyclic amines) is 3. The van der Waals surface area contributed by atoms with Crippen molar-refractivity contribution in [3.8, 4) is 0 Å². The molecule has 0 bridgehead atoms. The molecule has 3 N–H and O–H groups in total. The molecule has 1 aromatic carbocycles. The van der Waals surface area contributed by atoms with Crippen LogP contribution in [0.15, 0.2) is 23.6 Å². The topological polar surface area (TPSA) is 111 Å². The molecule has 0 spiro atoms. The summed E-state index contributed by atoms with van der Waals surface area (Å²) >= 11 is 8.11. The Kier molecular flexibility index (Phi) is 10.3. The molecule has 10 nitrogen and oxygen atoms in total. The van der Waals surface area contributed by atoms with Gasteiger partial charge in [-0.1, -0.05) is 24.6 Å². The maximum atomic E-state index is 14.0. The van der Waals surface area contributed by atoms with Crippen LogP contribution < -0.4 is 11.1 Å². The van der Waals surface area contributed by atoms with Crippen LogP contribution in [0, 0.1) is 11.8 Å². The number of benzene rings is 1. The van der Waals surface area contributed by atoms with E-state index in [0.29, 0.717) is 68.6 Å². The predicted molar refractivity (Wildman–Crippen MR) is 182 cm³/mol. The summed E-state index contributed by atoms with van der Waals surface area (Å²) < 4.78 is 6.07. The van der Waals surface area contributed by atoms with Crippen molar-refractivity contribution in [2.24, 2.45) is 11.8 Å². The lowest BCUT2D eigenvalue weighted by molar-refractivity contribution is -0.142. The van der Waals surface area contributed by atoms with Crippen molar-refractivity contribution in [3.05, 3.63) is 44.6 Å². The average Bonchev–Trinajstić information content (AvgIpc) is 3.53. The molecule has 3 saturated heterocycles. The maximum absolute atomic E-state index is 14.0. The van der Waals surface area contributed by atoms with Crippen LogP contribution in [0.5, 0.6) is 0 Å². The molecule has 1 aromatic heterocycles. The van der Waals surface area contributed by atoms with Gasteiger partial charge in [0.15, 0.2) is 6.10 Å². The van der Waals surface area contributed by atoms with Crippen LogP contribution in [0.4, 0.5) is 21.0 Å². The van der Waals surface area contributed by atoms with Crippen LogP contribution in [-0.4, -0.2) is 96.1 Å². The molecule has 1 atom stereocenters. The van der Waals surface area contributed by atoms with Crippen LogP contribution in [0.3, 0.4) is 0 Å². The summed E-state index contributed by atoms with van der Waals surface area (Å²) in [6, 6.07) is 5.63. The van der Waals surface area contributed by atoms with Crippen molar-refractivity contribution in [2.45, 2.75) is 77.0 Å². The fourth-order valence-electron chi connectivity index (χ4n) is 7.68. The second-order valence-electron chi connectivity index (χ2n) is 13.4. The van der Waals surface area contributed by atoms with Gasteiger partial charge in [0.25, 0.3) is 5.91 Å². The molecule has 250 valence electrons. The van der Waals surface area contributed by atoms with Crippen molar-refractivity contribution in [2.75, 3.05) is 57.4 Å². The summed E-state index contributed by atoms with van der Waals surface area (Å²) in [5.41, 5.74) is 9.37. The van der Waals surface area contributed by atoms with Gasteiger partial charge in [0.1, 0.15) is 0 Å². The van der Waals surface area contributed by atoms with Gasteiger partial charge in [-0.3, -0.25) is 4.79 Å². The highest BCUT2D eigenvalue weighted by atomic mass is 35.5. The normalized spacial score (nSPS) is 21.2. The van der Waals surface area contributed by atoms with E-state index in [1.165, 1.54) is 12.8 Å². The number of aryl methyl sites for hydroxylation is 1. The highest BCUT2D eigenvalue weighted by Crippen LogP contribution is 2.34.